The monoisotopic (exact) mass is 332 g/mol. The molecular weight excluding hydrogens is 308 g/mol. The first-order chi connectivity index (χ1) is 12.1. The second-order valence-corrected chi connectivity index (χ2v) is 6.74. The number of rotatable bonds is 7. The van der Waals surface area contributed by atoms with E-state index in [0.717, 1.165) is 22.6 Å². The molecule has 0 bridgehead atoms. The third-order valence-corrected chi connectivity index (χ3v) is 4.42. The maximum atomic E-state index is 12.2. The number of hydrogen-bond acceptors (Lipinski definition) is 2. The van der Waals surface area contributed by atoms with Crippen molar-refractivity contribution in [1.82, 2.24) is 0 Å². The van der Waals surface area contributed by atoms with E-state index in [-0.39, 0.29) is 5.78 Å². The number of hydrogen-bond donors (Lipinski definition) is 0. The average Bonchev–Trinajstić information content (AvgIpc) is 3.10. The lowest BCUT2D eigenvalue weighted by Crippen LogP contribution is -2.04. The zero-order chi connectivity index (χ0) is 17.6. The highest BCUT2D eigenvalue weighted by Gasteiger charge is 2.09. The first-order valence-electron chi connectivity index (χ1n) is 8.86. The molecule has 0 N–H and O–H groups in total. The van der Waals surface area contributed by atoms with E-state index in [9.17, 15) is 4.79 Å². The summed E-state index contributed by atoms with van der Waals surface area (Å²) in [5, 5.41) is 0. The fraction of sp³-hybridized carbons (Fsp3) is 0.261. The summed E-state index contributed by atoms with van der Waals surface area (Å²) in [5.74, 6) is 2.48. The number of ketones is 1. The lowest BCUT2D eigenvalue weighted by molar-refractivity contribution is -0.118. The van der Waals surface area contributed by atoms with Crippen molar-refractivity contribution in [3.63, 3.8) is 0 Å². The zero-order valence-corrected chi connectivity index (χ0v) is 14.9. The molecule has 1 aromatic heterocycles. The van der Waals surface area contributed by atoms with Gasteiger partial charge in [-0.1, -0.05) is 68.4 Å². The van der Waals surface area contributed by atoms with Gasteiger partial charge in [0.1, 0.15) is 17.3 Å². The summed E-state index contributed by atoms with van der Waals surface area (Å²) in [5.41, 5.74) is 3.45. The van der Waals surface area contributed by atoms with Gasteiger partial charge in [0.2, 0.25) is 0 Å². The third kappa shape index (κ3) is 4.69. The van der Waals surface area contributed by atoms with Crippen molar-refractivity contribution >= 4 is 5.78 Å². The van der Waals surface area contributed by atoms with Crippen LogP contribution in [0.1, 0.15) is 43.1 Å². The molecule has 0 fully saturated rings. The standard InChI is InChI=1S/C23H24O2/c1-17(2)19-10-8-18(9-11-19)16-21(24)12-13-22-14-15-23(25-22)20-6-4-3-5-7-20/h3-11,14-15,17H,12-13,16H2,1-2H3. The number of carbonyl (C=O) groups excluding carboxylic acids is 1. The van der Waals surface area contributed by atoms with Gasteiger partial charge in [0.15, 0.2) is 0 Å². The van der Waals surface area contributed by atoms with Crippen LogP contribution in [0.2, 0.25) is 0 Å². The molecule has 0 aliphatic carbocycles. The number of carbonyl (C=O) groups is 1. The summed E-state index contributed by atoms with van der Waals surface area (Å²) in [6.45, 7) is 4.35. The van der Waals surface area contributed by atoms with E-state index in [0.29, 0.717) is 25.2 Å². The maximum absolute atomic E-state index is 12.2. The van der Waals surface area contributed by atoms with Crippen LogP contribution in [0.3, 0.4) is 0 Å². The van der Waals surface area contributed by atoms with E-state index in [2.05, 4.69) is 38.1 Å². The van der Waals surface area contributed by atoms with Crippen molar-refractivity contribution in [2.24, 2.45) is 0 Å². The van der Waals surface area contributed by atoms with E-state index in [1.54, 1.807) is 0 Å². The Labute approximate surface area is 149 Å². The number of Topliss-reactive ketones (excluding diaryl/α,β-unsaturated/α-hetero) is 1. The Balaban J connectivity index is 1.53. The summed E-state index contributed by atoms with van der Waals surface area (Å²) >= 11 is 0. The van der Waals surface area contributed by atoms with Crippen molar-refractivity contribution in [2.75, 3.05) is 0 Å². The maximum Gasteiger partial charge on any atom is 0.137 e. The molecule has 3 aromatic rings. The Bertz CT molecular complexity index is 811. The molecule has 0 aliphatic heterocycles. The van der Waals surface area contributed by atoms with Gasteiger partial charge < -0.3 is 4.42 Å². The molecule has 1 heterocycles. The minimum absolute atomic E-state index is 0.245. The number of aryl methyl sites for hydroxylation is 1. The molecule has 0 spiro atoms. The number of furan rings is 1. The van der Waals surface area contributed by atoms with Crippen LogP contribution in [0.5, 0.6) is 0 Å². The quantitative estimate of drug-likeness (QED) is 0.546. The molecule has 2 aromatic carbocycles. The van der Waals surface area contributed by atoms with Gasteiger partial charge in [0, 0.05) is 24.8 Å². The normalized spacial score (nSPS) is 11.0. The Morgan fingerprint density at radius 2 is 1.64 bits per heavy atom. The van der Waals surface area contributed by atoms with Crippen LogP contribution in [0, 0.1) is 0 Å². The Morgan fingerprint density at radius 1 is 0.920 bits per heavy atom. The number of benzene rings is 2. The van der Waals surface area contributed by atoms with Gasteiger partial charge in [0.25, 0.3) is 0 Å². The first kappa shape index (κ1) is 17.2. The van der Waals surface area contributed by atoms with Gasteiger partial charge in [-0.15, -0.1) is 0 Å². The van der Waals surface area contributed by atoms with Crippen LogP contribution in [-0.2, 0) is 17.6 Å². The average molecular weight is 332 g/mol. The van der Waals surface area contributed by atoms with Crippen molar-refractivity contribution < 1.29 is 9.21 Å². The minimum atomic E-state index is 0.245. The molecule has 2 heteroatoms. The first-order valence-corrected chi connectivity index (χ1v) is 8.86. The molecule has 25 heavy (non-hydrogen) atoms. The van der Waals surface area contributed by atoms with Gasteiger partial charge in [-0.25, -0.2) is 0 Å². The van der Waals surface area contributed by atoms with E-state index >= 15 is 0 Å². The van der Waals surface area contributed by atoms with Crippen LogP contribution < -0.4 is 0 Å². The zero-order valence-electron chi connectivity index (χ0n) is 14.9. The molecule has 0 saturated heterocycles. The van der Waals surface area contributed by atoms with Gasteiger partial charge in [-0.2, -0.15) is 0 Å². The summed E-state index contributed by atoms with van der Waals surface area (Å²) in [6.07, 6.45) is 1.65. The van der Waals surface area contributed by atoms with Crippen molar-refractivity contribution in [2.45, 2.75) is 39.0 Å². The van der Waals surface area contributed by atoms with Crippen LogP contribution in [0.4, 0.5) is 0 Å². The summed E-state index contributed by atoms with van der Waals surface area (Å²) in [6, 6.07) is 22.3. The summed E-state index contributed by atoms with van der Waals surface area (Å²) in [7, 11) is 0. The van der Waals surface area contributed by atoms with E-state index < -0.39 is 0 Å². The van der Waals surface area contributed by atoms with Gasteiger partial charge in [0.05, 0.1) is 0 Å². The molecule has 0 atom stereocenters. The summed E-state index contributed by atoms with van der Waals surface area (Å²) < 4.78 is 5.86. The summed E-state index contributed by atoms with van der Waals surface area (Å²) in [4.78, 5) is 12.2. The van der Waals surface area contributed by atoms with Gasteiger partial charge >= 0.3 is 0 Å². The molecule has 128 valence electrons. The second kappa shape index (κ2) is 7.98. The fourth-order valence-electron chi connectivity index (χ4n) is 2.87. The van der Waals surface area contributed by atoms with Gasteiger partial charge in [-0.3, -0.25) is 4.79 Å². The SMILES string of the molecule is CC(C)c1ccc(CC(=O)CCc2ccc(-c3ccccc3)o2)cc1. The van der Waals surface area contributed by atoms with Crippen LogP contribution >= 0.6 is 0 Å². The highest BCUT2D eigenvalue weighted by Crippen LogP contribution is 2.22. The van der Waals surface area contributed by atoms with Crippen molar-refractivity contribution in [3.05, 3.63) is 83.6 Å². The highest BCUT2D eigenvalue weighted by atomic mass is 16.3. The molecule has 0 saturated carbocycles. The largest absolute Gasteiger partial charge is 0.461 e. The van der Waals surface area contributed by atoms with Crippen molar-refractivity contribution in [1.29, 1.82) is 0 Å². The molecule has 0 radical (unpaired) electrons. The molecular formula is C23H24O2. The highest BCUT2D eigenvalue weighted by molar-refractivity contribution is 5.81. The van der Waals surface area contributed by atoms with Crippen molar-refractivity contribution in [3.8, 4) is 11.3 Å². The third-order valence-electron chi connectivity index (χ3n) is 4.42. The molecule has 2 nitrogen and oxygen atoms in total. The Hall–Kier alpha value is -2.61. The smallest absolute Gasteiger partial charge is 0.137 e. The van der Waals surface area contributed by atoms with Crippen LogP contribution in [0.25, 0.3) is 11.3 Å². The van der Waals surface area contributed by atoms with E-state index in [4.69, 9.17) is 4.42 Å². The lowest BCUT2D eigenvalue weighted by Gasteiger charge is -2.06. The molecule has 0 unspecified atom stereocenters. The van der Waals surface area contributed by atoms with E-state index in [1.165, 1.54) is 5.56 Å². The molecule has 3 rings (SSSR count). The topological polar surface area (TPSA) is 30.2 Å². The minimum Gasteiger partial charge on any atom is -0.461 e. The van der Waals surface area contributed by atoms with E-state index in [1.807, 2.05) is 42.5 Å². The predicted molar refractivity (Wildman–Crippen MR) is 102 cm³/mol. The fourth-order valence-corrected chi connectivity index (χ4v) is 2.87. The van der Waals surface area contributed by atoms with Crippen LogP contribution in [0.15, 0.2) is 71.1 Å². The van der Waals surface area contributed by atoms with Gasteiger partial charge in [-0.05, 0) is 29.2 Å². The second-order valence-electron chi connectivity index (χ2n) is 6.74. The van der Waals surface area contributed by atoms with Crippen LogP contribution in [-0.4, -0.2) is 5.78 Å². The Kier molecular flexibility index (Phi) is 5.49. The Morgan fingerprint density at radius 3 is 2.32 bits per heavy atom. The molecule has 0 aliphatic rings. The lowest BCUT2D eigenvalue weighted by atomic mass is 9.99. The predicted octanol–water partition coefficient (Wildman–Crippen LogP) is 5.81. The molecule has 0 amide bonds.